The number of carbonyl (C=O) groups excluding carboxylic acids is 1. The maximum absolute atomic E-state index is 13.1. The molecule has 27 heavy (non-hydrogen) atoms. The van der Waals surface area contributed by atoms with Gasteiger partial charge in [0.15, 0.2) is 0 Å². The van der Waals surface area contributed by atoms with Gasteiger partial charge in [-0.1, -0.05) is 12.8 Å². The van der Waals surface area contributed by atoms with Crippen LogP contribution in [0.3, 0.4) is 0 Å². The number of hydrogen-bond acceptors (Lipinski definition) is 5. The lowest BCUT2D eigenvalue weighted by Gasteiger charge is -2.46. The van der Waals surface area contributed by atoms with E-state index in [-0.39, 0.29) is 29.9 Å². The Hall–Kier alpha value is -1.67. The van der Waals surface area contributed by atoms with Gasteiger partial charge in [0.05, 0.1) is 11.1 Å². The molecule has 148 valence electrons. The number of carbonyl (C=O) groups is 2. The number of aliphatic hydroxyl groups excluding tert-OH is 1. The van der Waals surface area contributed by atoms with Crippen molar-refractivity contribution in [3.8, 4) is 0 Å². The van der Waals surface area contributed by atoms with Crippen LogP contribution in [0.2, 0.25) is 0 Å². The first-order valence-electron chi connectivity index (χ1n) is 9.97. The zero-order valence-corrected chi connectivity index (χ0v) is 16.2. The highest BCUT2D eigenvalue weighted by Gasteiger charge is 2.41. The molecule has 0 spiro atoms. The molecule has 3 heterocycles. The van der Waals surface area contributed by atoms with Crippen molar-refractivity contribution in [2.24, 2.45) is 5.92 Å². The fourth-order valence-corrected chi connectivity index (χ4v) is 5.88. The number of hydrogen-bond donors (Lipinski definition) is 2. The van der Waals surface area contributed by atoms with E-state index in [1.54, 1.807) is 0 Å². The van der Waals surface area contributed by atoms with Crippen LogP contribution in [-0.2, 0) is 0 Å². The Balaban J connectivity index is 1.43. The number of likely N-dealkylation sites (tertiary alicyclic amines) is 2. The molecule has 0 aromatic carbocycles. The molecule has 2 amide bonds. The van der Waals surface area contributed by atoms with Crippen LogP contribution in [0.1, 0.15) is 66.4 Å². The molecule has 8 heteroatoms. The van der Waals surface area contributed by atoms with Crippen LogP contribution >= 0.6 is 11.3 Å². The Morgan fingerprint density at radius 2 is 1.81 bits per heavy atom. The first kappa shape index (κ1) is 18.7. The van der Waals surface area contributed by atoms with E-state index >= 15 is 0 Å². The Labute approximate surface area is 163 Å². The van der Waals surface area contributed by atoms with Crippen LogP contribution in [0.25, 0.3) is 0 Å². The second-order valence-corrected chi connectivity index (χ2v) is 8.87. The second kappa shape index (κ2) is 7.75. The normalized spacial score (nSPS) is 29.4. The average Bonchev–Trinajstić information content (AvgIpc) is 3.18. The second-order valence-electron chi connectivity index (χ2n) is 7.99. The standard InChI is InChI=1S/C19H27N3O4S/c23-16-7-10-22(15-4-2-1-3-13(15)16)18(24)14-11-27-17(20-14)12-5-8-21(9-6-12)19(25)26/h11-13,15-16,23H,1-10H2,(H,25,26). The van der Waals surface area contributed by atoms with E-state index < -0.39 is 6.09 Å². The minimum absolute atomic E-state index is 0.00993. The Kier molecular flexibility index (Phi) is 5.36. The summed E-state index contributed by atoms with van der Waals surface area (Å²) in [6, 6.07) is 0.138. The van der Waals surface area contributed by atoms with Crippen LogP contribution in [0, 0.1) is 5.92 Å². The molecular formula is C19H27N3O4S. The summed E-state index contributed by atoms with van der Waals surface area (Å²) in [6.45, 7) is 1.65. The van der Waals surface area contributed by atoms with Crippen molar-refractivity contribution in [1.29, 1.82) is 0 Å². The number of nitrogens with zero attached hydrogens (tertiary/aromatic N) is 3. The molecule has 2 aliphatic heterocycles. The summed E-state index contributed by atoms with van der Waals surface area (Å²) in [5.74, 6) is 0.428. The molecule has 4 rings (SSSR count). The summed E-state index contributed by atoms with van der Waals surface area (Å²) in [5.41, 5.74) is 0.511. The number of carboxylic acid groups (broad SMARTS) is 1. The third kappa shape index (κ3) is 3.69. The zero-order valence-electron chi connectivity index (χ0n) is 15.4. The smallest absolute Gasteiger partial charge is 0.407 e. The third-order valence-corrected chi connectivity index (χ3v) is 7.47. The molecule has 3 unspecified atom stereocenters. The third-order valence-electron chi connectivity index (χ3n) is 6.46. The van der Waals surface area contributed by atoms with Gasteiger partial charge in [-0.2, -0.15) is 0 Å². The van der Waals surface area contributed by atoms with E-state index in [4.69, 9.17) is 5.11 Å². The van der Waals surface area contributed by atoms with Crippen LogP contribution in [0.5, 0.6) is 0 Å². The fourth-order valence-electron chi connectivity index (χ4n) is 4.92. The van der Waals surface area contributed by atoms with E-state index in [1.165, 1.54) is 16.2 Å². The number of thiazole rings is 1. The summed E-state index contributed by atoms with van der Waals surface area (Å²) in [6.07, 6.45) is 5.23. The quantitative estimate of drug-likeness (QED) is 0.806. The average molecular weight is 394 g/mol. The molecule has 2 N–H and O–H groups in total. The summed E-state index contributed by atoms with van der Waals surface area (Å²) in [7, 11) is 0. The molecule has 0 radical (unpaired) electrons. The fraction of sp³-hybridized carbons (Fsp3) is 0.737. The van der Waals surface area contributed by atoms with Gasteiger partial charge in [0, 0.05) is 42.9 Å². The van der Waals surface area contributed by atoms with E-state index in [9.17, 15) is 14.7 Å². The first-order valence-corrected chi connectivity index (χ1v) is 10.8. The van der Waals surface area contributed by atoms with E-state index in [1.807, 2.05) is 10.3 Å². The summed E-state index contributed by atoms with van der Waals surface area (Å²) in [4.78, 5) is 32.2. The van der Waals surface area contributed by atoms with Crippen LogP contribution < -0.4 is 0 Å². The number of amides is 2. The predicted octanol–water partition coefficient (Wildman–Crippen LogP) is 2.77. The molecule has 3 aliphatic rings. The topological polar surface area (TPSA) is 94.0 Å². The summed E-state index contributed by atoms with van der Waals surface area (Å²) < 4.78 is 0. The Morgan fingerprint density at radius 1 is 1.07 bits per heavy atom. The van der Waals surface area contributed by atoms with Gasteiger partial charge >= 0.3 is 6.09 Å². The van der Waals surface area contributed by atoms with Gasteiger partial charge < -0.3 is 20.0 Å². The van der Waals surface area contributed by atoms with Crippen molar-refractivity contribution in [3.63, 3.8) is 0 Å². The van der Waals surface area contributed by atoms with Crippen LogP contribution in [0.4, 0.5) is 4.79 Å². The van der Waals surface area contributed by atoms with Crippen molar-refractivity contribution in [2.45, 2.75) is 63.0 Å². The van der Waals surface area contributed by atoms with Gasteiger partial charge in [0.1, 0.15) is 5.69 Å². The van der Waals surface area contributed by atoms with Crippen molar-refractivity contribution in [2.75, 3.05) is 19.6 Å². The molecule has 7 nitrogen and oxygen atoms in total. The Bertz CT molecular complexity index is 701. The summed E-state index contributed by atoms with van der Waals surface area (Å²) in [5, 5.41) is 22.2. The Morgan fingerprint density at radius 3 is 2.56 bits per heavy atom. The van der Waals surface area contributed by atoms with E-state index in [2.05, 4.69) is 4.98 Å². The van der Waals surface area contributed by atoms with Gasteiger partial charge in [-0.15, -0.1) is 11.3 Å². The number of aromatic nitrogens is 1. The molecule has 1 saturated carbocycles. The van der Waals surface area contributed by atoms with Gasteiger partial charge in [-0.25, -0.2) is 9.78 Å². The molecule has 0 bridgehead atoms. The highest BCUT2D eigenvalue weighted by Crippen LogP contribution is 2.37. The van der Waals surface area contributed by atoms with E-state index in [0.29, 0.717) is 31.7 Å². The number of aliphatic hydroxyl groups is 1. The van der Waals surface area contributed by atoms with Crippen molar-refractivity contribution in [1.82, 2.24) is 14.8 Å². The maximum atomic E-state index is 13.1. The number of fused-ring (bicyclic) bond motifs is 1. The molecule has 1 aliphatic carbocycles. The van der Waals surface area contributed by atoms with Crippen LogP contribution in [0.15, 0.2) is 5.38 Å². The van der Waals surface area contributed by atoms with Gasteiger partial charge in [0.25, 0.3) is 5.91 Å². The zero-order chi connectivity index (χ0) is 19.0. The molecule has 3 atom stereocenters. The van der Waals surface area contributed by atoms with Gasteiger partial charge in [0.2, 0.25) is 0 Å². The predicted molar refractivity (Wildman–Crippen MR) is 101 cm³/mol. The first-order chi connectivity index (χ1) is 13.0. The largest absolute Gasteiger partial charge is 0.465 e. The summed E-state index contributed by atoms with van der Waals surface area (Å²) >= 11 is 1.51. The maximum Gasteiger partial charge on any atom is 0.407 e. The molecule has 1 aromatic rings. The van der Waals surface area contributed by atoms with E-state index in [0.717, 1.165) is 43.5 Å². The molecule has 2 saturated heterocycles. The lowest BCUT2D eigenvalue weighted by Crippen LogP contribution is -2.54. The molecule has 3 fully saturated rings. The minimum atomic E-state index is -0.863. The molecular weight excluding hydrogens is 366 g/mol. The van der Waals surface area contributed by atoms with Crippen molar-refractivity contribution >= 4 is 23.3 Å². The van der Waals surface area contributed by atoms with Gasteiger partial charge in [-0.3, -0.25) is 4.79 Å². The minimum Gasteiger partial charge on any atom is -0.465 e. The highest BCUT2D eigenvalue weighted by molar-refractivity contribution is 7.09. The van der Waals surface area contributed by atoms with Crippen LogP contribution in [-0.4, -0.2) is 68.8 Å². The van der Waals surface area contributed by atoms with Crippen molar-refractivity contribution < 1.29 is 19.8 Å². The number of piperidine rings is 2. The monoisotopic (exact) mass is 393 g/mol. The SMILES string of the molecule is O=C(O)N1CCC(c2nc(C(=O)N3CCC(O)C4CCCCC43)cs2)CC1. The lowest BCUT2D eigenvalue weighted by molar-refractivity contribution is -0.0264. The van der Waals surface area contributed by atoms with Gasteiger partial charge in [-0.05, 0) is 32.1 Å². The molecule has 1 aromatic heterocycles. The van der Waals surface area contributed by atoms with Crippen molar-refractivity contribution in [3.05, 3.63) is 16.1 Å². The highest BCUT2D eigenvalue weighted by atomic mass is 32.1. The number of rotatable bonds is 2. The lowest BCUT2D eigenvalue weighted by atomic mass is 9.76.